The van der Waals surface area contributed by atoms with Crippen LogP contribution in [0, 0.1) is 17.3 Å². The summed E-state index contributed by atoms with van der Waals surface area (Å²) in [6, 6.07) is 0. The van der Waals surface area contributed by atoms with Crippen LogP contribution >= 0.6 is 0 Å². The Morgan fingerprint density at radius 3 is 2.13 bits per heavy atom. The van der Waals surface area contributed by atoms with E-state index in [1.807, 2.05) is 0 Å². The molecule has 1 heteroatoms. The molecule has 2 saturated carbocycles. The average molecular weight is 209 g/mol. The fourth-order valence-electron chi connectivity index (χ4n) is 3.91. The molecule has 2 rings (SSSR count). The molecule has 1 unspecified atom stereocenters. The molecule has 2 fully saturated rings. The summed E-state index contributed by atoms with van der Waals surface area (Å²) in [5.41, 5.74) is 0.797. The molecule has 2 aliphatic rings. The molecule has 2 aliphatic carbocycles. The van der Waals surface area contributed by atoms with Gasteiger partial charge in [0.1, 0.15) is 0 Å². The second kappa shape index (κ2) is 4.86. The minimum Gasteiger partial charge on any atom is -0.319 e. The van der Waals surface area contributed by atoms with Gasteiger partial charge in [0, 0.05) is 0 Å². The van der Waals surface area contributed by atoms with Crippen LogP contribution in [0.3, 0.4) is 0 Å². The van der Waals surface area contributed by atoms with Crippen molar-refractivity contribution in [3.63, 3.8) is 0 Å². The highest BCUT2D eigenvalue weighted by Crippen LogP contribution is 2.52. The van der Waals surface area contributed by atoms with E-state index in [1.165, 1.54) is 51.5 Å². The first-order chi connectivity index (χ1) is 7.28. The third-order valence-corrected chi connectivity index (χ3v) is 5.04. The summed E-state index contributed by atoms with van der Waals surface area (Å²) in [7, 11) is 2.09. The van der Waals surface area contributed by atoms with Crippen LogP contribution in [-0.4, -0.2) is 13.6 Å². The van der Waals surface area contributed by atoms with Crippen molar-refractivity contribution < 1.29 is 0 Å². The van der Waals surface area contributed by atoms with Gasteiger partial charge in [-0.2, -0.15) is 0 Å². The Bertz CT molecular complexity index is 192. The summed E-state index contributed by atoms with van der Waals surface area (Å²) < 4.78 is 0. The topological polar surface area (TPSA) is 12.0 Å². The normalized spacial score (nSPS) is 41.2. The van der Waals surface area contributed by atoms with E-state index in [0.29, 0.717) is 0 Å². The van der Waals surface area contributed by atoms with Crippen molar-refractivity contribution in [3.8, 4) is 0 Å². The van der Waals surface area contributed by atoms with Crippen LogP contribution < -0.4 is 5.32 Å². The first kappa shape index (κ1) is 11.4. The summed E-state index contributed by atoms with van der Waals surface area (Å²) in [5, 5.41) is 3.34. The van der Waals surface area contributed by atoms with Crippen LogP contribution in [0.15, 0.2) is 0 Å². The van der Waals surface area contributed by atoms with Crippen molar-refractivity contribution in [2.24, 2.45) is 17.3 Å². The van der Waals surface area contributed by atoms with Gasteiger partial charge in [-0.25, -0.2) is 0 Å². The Labute approximate surface area is 95.0 Å². The molecule has 0 aromatic heterocycles. The van der Waals surface area contributed by atoms with E-state index in [2.05, 4.69) is 19.3 Å². The van der Waals surface area contributed by atoms with E-state index in [0.717, 1.165) is 17.3 Å². The molecule has 0 amide bonds. The van der Waals surface area contributed by atoms with Gasteiger partial charge >= 0.3 is 0 Å². The van der Waals surface area contributed by atoms with Crippen LogP contribution in [-0.2, 0) is 0 Å². The SMILES string of the molecule is CCC1CCC2(CCC(CNC)CC2)C1. The highest BCUT2D eigenvalue weighted by Gasteiger charge is 2.40. The van der Waals surface area contributed by atoms with Crippen molar-refractivity contribution in [3.05, 3.63) is 0 Å². The quantitative estimate of drug-likeness (QED) is 0.749. The van der Waals surface area contributed by atoms with Crippen LogP contribution in [0.1, 0.15) is 58.3 Å². The lowest BCUT2D eigenvalue weighted by molar-refractivity contribution is 0.148. The lowest BCUT2D eigenvalue weighted by Crippen LogP contribution is -2.29. The molecular weight excluding hydrogens is 182 g/mol. The van der Waals surface area contributed by atoms with E-state index < -0.39 is 0 Å². The molecule has 0 bridgehead atoms. The maximum atomic E-state index is 3.34. The van der Waals surface area contributed by atoms with E-state index >= 15 is 0 Å². The molecule has 1 N–H and O–H groups in total. The van der Waals surface area contributed by atoms with Crippen molar-refractivity contribution in [2.75, 3.05) is 13.6 Å². The predicted molar refractivity (Wildman–Crippen MR) is 65.9 cm³/mol. The van der Waals surface area contributed by atoms with E-state index in [1.54, 1.807) is 6.42 Å². The zero-order valence-corrected chi connectivity index (χ0v) is 10.5. The van der Waals surface area contributed by atoms with Gasteiger partial charge < -0.3 is 5.32 Å². The van der Waals surface area contributed by atoms with Gasteiger partial charge in [-0.05, 0) is 75.8 Å². The molecule has 0 heterocycles. The summed E-state index contributed by atoms with van der Waals surface area (Å²) in [4.78, 5) is 0. The van der Waals surface area contributed by atoms with Gasteiger partial charge in [-0.1, -0.05) is 13.3 Å². The van der Waals surface area contributed by atoms with Crippen LogP contribution in [0.5, 0.6) is 0 Å². The van der Waals surface area contributed by atoms with E-state index in [4.69, 9.17) is 0 Å². The van der Waals surface area contributed by atoms with Crippen molar-refractivity contribution in [2.45, 2.75) is 58.3 Å². The van der Waals surface area contributed by atoms with Crippen LogP contribution in [0.4, 0.5) is 0 Å². The average Bonchev–Trinajstić information content (AvgIpc) is 2.66. The fourth-order valence-corrected chi connectivity index (χ4v) is 3.91. The smallest absolute Gasteiger partial charge is 0.00235 e. The minimum absolute atomic E-state index is 0.797. The molecule has 0 saturated heterocycles. The minimum atomic E-state index is 0.797. The largest absolute Gasteiger partial charge is 0.319 e. The molecule has 1 atom stereocenters. The molecule has 0 aliphatic heterocycles. The van der Waals surface area contributed by atoms with Crippen LogP contribution in [0.25, 0.3) is 0 Å². The predicted octanol–water partition coefficient (Wildman–Crippen LogP) is 3.59. The Hall–Kier alpha value is -0.0400. The second-order valence-corrected chi connectivity index (χ2v) is 6.02. The van der Waals surface area contributed by atoms with Crippen LogP contribution in [0.2, 0.25) is 0 Å². The molecule has 1 nitrogen and oxygen atoms in total. The Kier molecular flexibility index (Phi) is 3.71. The maximum absolute atomic E-state index is 3.34. The van der Waals surface area contributed by atoms with Gasteiger partial charge in [-0.3, -0.25) is 0 Å². The summed E-state index contributed by atoms with van der Waals surface area (Å²) in [5.74, 6) is 2.03. The number of nitrogens with one attached hydrogen (secondary N) is 1. The number of rotatable bonds is 3. The maximum Gasteiger partial charge on any atom is -0.00235 e. The number of hydrogen-bond donors (Lipinski definition) is 1. The van der Waals surface area contributed by atoms with Crippen molar-refractivity contribution in [1.82, 2.24) is 5.32 Å². The number of hydrogen-bond acceptors (Lipinski definition) is 1. The van der Waals surface area contributed by atoms with E-state index in [-0.39, 0.29) is 0 Å². The first-order valence-corrected chi connectivity index (χ1v) is 6.92. The Morgan fingerprint density at radius 1 is 1.07 bits per heavy atom. The van der Waals surface area contributed by atoms with Gasteiger partial charge in [0.25, 0.3) is 0 Å². The Balaban J connectivity index is 1.82. The van der Waals surface area contributed by atoms with Crippen molar-refractivity contribution >= 4 is 0 Å². The zero-order valence-electron chi connectivity index (χ0n) is 10.5. The monoisotopic (exact) mass is 209 g/mol. The molecular formula is C14H27N. The van der Waals surface area contributed by atoms with Gasteiger partial charge in [0.05, 0.1) is 0 Å². The third-order valence-electron chi connectivity index (χ3n) is 5.04. The highest BCUT2D eigenvalue weighted by atomic mass is 14.8. The lowest BCUT2D eigenvalue weighted by atomic mass is 9.69. The van der Waals surface area contributed by atoms with E-state index in [9.17, 15) is 0 Å². The molecule has 0 aromatic carbocycles. The Morgan fingerprint density at radius 2 is 1.67 bits per heavy atom. The highest BCUT2D eigenvalue weighted by molar-refractivity contribution is 4.92. The molecule has 88 valence electrons. The van der Waals surface area contributed by atoms with Gasteiger partial charge in [0.15, 0.2) is 0 Å². The van der Waals surface area contributed by atoms with Gasteiger partial charge in [-0.15, -0.1) is 0 Å². The zero-order chi connectivity index (χ0) is 10.7. The summed E-state index contributed by atoms with van der Waals surface area (Å²) in [6.45, 7) is 3.61. The molecule has 0 aromatic rings. The third kappa shape index (κ3) is 2.55. The second-order valence-electron chi connectivity index (χ2n) is 6.02. The standard InChI is InChI=1S/C14H27N/c1-3-12-4-7-14(10-12)8-5-13(6-9-14)11-15-2/h12-13,15H,3-11H2,1-2H3. The first-order valence-electron chi connectivity index (χ1n) is 6.92. The molecule has 1 spiro atoms. The van der Waals surface area contributed by atoms with Crippen molar-refractivity contribution in [1.29, 1.82) is 0 Å². The lowest BCUT2D eigenvalue weighted by Gasteiger charge is -2.37. The van der Waals surface area contributed by atoms with Gasteiger partial charge in [0.2, 0.25) is 0 Å². The molecule has 15 heavy (non-hydrogen) atoms. The summed E-state index contributed by atoms with van der Waals surface area (Å²) in [6.07, 6.45) is 12.0. The molecule has 0 radical (unpaired) electrons. The summed E-state index contributed by atoms with van der Waals surface area (Å²) >= 11 is 0. The fraction of sp³-hybridized carbons (Fsp3) is 1.00.